The van der Waals surface area contributed by atoms with E-state index in [2.05, 4.69) is 21.3 Å². The number of amides is 4. The van der Waals surface area contributed by atoms with Gasteiger partial charge in [-0.1, -0.05) is 79.6 Å². The average molecular weight is 712 g/mol. The van der Waals surface area contributed by atoms with Gasteiger partial charge in [-0.15, -0.1) is 0 Å². The second kappa shape index (κ2) is 15.5. The maximum absolute atomic E-state index is 14.1. The van der Waals surface area contributed by atoms with Crippen molar-refractivity contribution < 1.29 is 28.7 Å². The molecule has 4 aliphatic rings. The molecule has 1 saturated heterocycles. The van der Waals surface area contributed by atoms with E-state index < -0.39 is 53.2 Å². The van der Waals surface area contributed by atoms with Gasteiger partial charge in [0.2, 0.25) is 17.6 Å². The van der Waals surface area contributed by atoms with Crippen molar-refractivity contribution in [3.63, 3.8) is 0 Å². The van der Waals surface area contributed by atoms with E-state index in [0.29, 0.717) is 29.4 Å². The first-order chi connectivity index (χ1) is 23.6. The number of carbonyl (C=O) groups is 5. The summed E-state index contributed by atoms with van der Waals surface area (Å²) < 4.78 is 6.23. The Balaban J connectivity index is 1.23. The van der Waals surface area contributed by atoms with Crippen LogP contribution in [-0.4, -0.2) is 54.3 Å². The summed E-state index contributed by atoms with van der Waals surface area (Å²) in [6.07, 6.45) is 7.45. The topological polar surface area (TPSA) is 143 Å². The zero-order valence-corrected chi connectivity index (χ0v) is 29.0. The maximum Gasteiger partial charge on any atom is 0.408 e. The van der Waals surface area contributed by atoms with Crippen LogP contribution in [0.25, 0.3) is 0 Å². The molecule has 3 aliphatic carbocycles. The van der Waals surface area contributed by atoms with Crippen LogP contribution in [0.2, 0.25) is 10.0 Å². The summed E-state index contributed by atoms with van der Waals surface area (Å²) in [6.45, 7) is 0.467. The number of carbonyl (C=O) groups excluding carboxylic acids is 5. The van der Waals surface area contributed by atoms with Crippen molar-refractivity contribution >= 4 is 52.8 Å². The van der Waals surface area contributed by atoms with Crippen LogP contribution in [0.15, 0.2) is 48.5 Å². The molecule has 4 atom stereocenters. The van der Waals surface area contributed by atoms with Gasteiger partial charge in [0.05, 0.1) is 6.04 Å². The van der Waals surface area contributed by atoms with Crippen molar-refractivity contribution in [2.45, 2.75) is 107 Å². The van der Waals surface area contributed by atoms with Crippen LogP contribution in [0.3, 0.4) is 0 Å². The van der Waals surface area contributed by atoms with E-state index in [4.69, 9.17) is 27.9 Å². The Morgan fingerprint density at radius 2 is 1.57 bits per heavy atom. The molecule has 1 heterocycles. The largest absolute Gasteiger partial charge is 0.440 e. The number of alkyl carbamates (subject to hydrolysis) is 1. The number of rotatable bonds is 14. The Kier molecular flexibility index (Phi) is 11.1. The molecule has 4 fully saturated rings. The smallest absolute Gasteiger partial charge is 0.408 e. The molecule has 0 aromatic heterocycles. The number of hydrogen-bond donors (Lipinski definition) is 4. The van der Waals surface area contributed by atoms with Crippen LogP contribution >= 0.6 is 23.2 Å². The standard InChI is InChI=1S/C37H44Cl2N4O6/c38-26-10-4-8-23(19-26)32(37(15-16-37)25-9-5-11-27(39)21-25)49-36(48)43-30(18-22-6-2-1-3-7-22)34(46)42-29(20-24-14-17-40-33(24)45)31(44)35(47)41-28-12-13-28/h4-5,8-11,19,21-22,24,28-30,32H,1-3,6-7,12-18,20H2,(H,40,45)(H,41,47)(H,42,46)(H,43,48). The predicted molar refractivity (Wildman–Crippen MR) is 185 cm³/mol. The molecule has 262 valence electrons. The maximum atomic E-state index is 14.1. The molecule has 6 rings (SSSR count). The van der Waals surface area contributed by atoms with E-state index in [-0.39, 0.29) is 24.3 Å². The second-order valence-electron chi connectivity index (χ2n) is 14.1. The molecule has 2 aromatic carbocycles. The van der Waals surface area contributed by atoms with Crippen LogP contribution in [0, 0.1) is 11.8 Å². The Morgan fingerprint density at radius 3 is 2.20 bits per heavy atom. The highest BCUT2D eigenvalue weighted by molar-refractivity contribution is 6.38. The highest BCUT2D eigenvalue weighted by atomic mass is 35.5. The van der Waals surface area contributed by atoms with Gasteiger partial charge in [0, 0.05) is 34.0 Å². The van der Waals surface area contributed by atoms with Gasteiger partial charge in [-0.3, -0.25) is 19.2 Å². The fraction of sp³-hybridized carbons (Fsp3) is 0.541. The molecule has 49 heavy (non-hydrogen) atoms. The van der Waals surface area contributed by atoms with Gasteiger partial charge in [0.25, 0.3) is 5.91 Å². The zero-order valence-electron chi connectivity index (χ0n) is 27.5. The van der Waals surface area contributed by atoms with Crippen LogP contribution in [0.1, 0.15) is 94.3 Å². The quantitative estimate of drug-likeness (QED) is 0.186. The van der Waals surface area contributed by atoms with Gasteiger partial charge < -0.3 is 26.0 Å². The molecule has 12 heteroatoms. The van der Waals surface area contributed by atoms with Crippen molar-refractivity contribution in [1.82, 2.24) is 21.3 Å². The first-order valence-corrected chi connectivity index (χ1v) is 18.3. The number of Topliss-reactive ketones (excluding diaryl/α,β-unsaturated/α-hetero) is 1. The summed E-state index contributed by atoms with van der Waals surface area (Å²) in [6, 6.07) is 12.4. The monoisotopic (exact) mass is 710 g/mol. The van der Waals surface area contributed by atoms with E-state index in [1.807, 2.05) is 24.3 Å². The third-order valence-corrected chi connectivity index (χ3v) is 10.9. The van der Waals surface area contributed by atoms with Crippen molar-refractivity contribution in [2.75, 3.05) is 6.54 Å². The van der Waals surface area contributed by atoms with Crippen molar-refractivity contribution in [3.05, 3.63) is 69.7 Å². The number of ether oxygens (including phenoxy) is 1. The molecule has 2 aromatic rings. The van der Waals surface area contributed by atoms with Crippen molar-refractivity contribution in [2.24, 2.45) is 11.8 Å². The Morgan fingerprint density at radius 1 is 0.857 bits per heavy atom. The molecule has 3 saturated carbocycles. The van der Waals surface area contributed by atoms with E-state index in [1.54, 1.807) is 24.3 Å². The summed E-state index contributed by atoms with van der Waals surface area (Å²) in [5, 5.41) is 12.1. The minimum Gasteiger partial charge on any atom is -0.440 e. The van der Waals surface area contributed by atoms with E-state index >= 15 is 0 Å². The summed E-state index contributed by atoms with van der Waals surface area (Å²) in [5.41, 5.74) is 1.13. The van der Waals surface area contributed by atoms with Gasteiger partial charge in [0.1, 0.15) is 12.1 Å². The fourth-order valence-corrected chi connectivity index (χ4v) is 7.77. The number of halogens is 2. The molecule has 0 bridgehead atoms. The van der Waals surface area contributed by atoms with Gasteiger partial charge in [-0.05, 0) is 86.3 Å². The predicted octanol–water partition coefficient (Wildman–Crippen LogP) is 5.69. The zero-order chi connectivity index (χ0) is 34.5. The van der Waals surface area contributed by atoms with Gasteiger partial charge in [-0.25, -0.2) is 4.79 Å². The first kappa shape index (κ1) is 35.2. The van der Waals surface area contributed by atoms with Gasteiger partial charge in [0.15, 0.2) is 0 Å². The van der Waals surface area contributed by atoms with E-state index in [0.717, 1.165) is 68.9 Å². The molecule has 4 N–H and O–H groups in total. The third kappa shape index (κ3) is 8.94. The number of ketones is 1. The average Bonchev–Trinajstić information content (AvgIpc) is 4.02. The minimum absolute atomic E-state index is 0.00587. The van der Waals surface area contributed by atoms with Gasteiger partial charge >= 0.3 is 6.09 Å². The van der Waals surface area contributed by atoms with Crippen LogP contribution in [0.5, 0.6) is 0 Å². The molecule has 4 unspecified atom stereocenters. The number of benzene rings is 2. The van der Waals surface area contributed by atoms with Crippen LogP contribution in [0.4, 0.5) is 4.79 Å². The molecular formula is C37H44Cl2N4O6. The minimum atomic E-state index is -1.22. The number of nitrogens with one attached hydrogen (secondary N) is 4. The molecule has 0 spiro atoms. The summed E-state index contributed by atoms with van der Waals surface area (Å²) >= 11 is 12.8. The normalized spacial score (nSPS) is 21.8. The Hall–Kier alpha value is -3.63. The lowest BCUT2D eigenvalue weighted by Crippen LogP contribution is -2.55. The van der Waals surface area contributed by atoms with Crippen molar-refractivity contribution in [1.29, 1.82) is 0 Å². The summed E-state index contributed by atoms with van der Waals surface area (Å²) in [4.78, 5) is 66.6. The summed E-state index contributed by atoms with van der Waals surface area (Å²) in [5.74, 6) is -2.70. The second-order valence-corrected chi connectivity index (χ2v) is 15.0. The van der Waals surface area contributed by atoms with Gasteiger partial charge in [-0.2, -0.15) is 0 Å². The SMILES string of the molecule is O=C(NC(CC1CCCCC1)C(=O)NC(CC1CCNC1=O)C(=O)C(=O)NC1CC1)OC(c1cccc(Cl)c1)C1(c2cccc(Cl)c2)CC1. The lowest BCUT2D eigenvalue weighted by Gasteiger charge is -2.31. The summed E-state index contributed by atoms with van der Waals surface area (Å²) in [7, 11) is 0. The Labute approximate surface area is 296 Å². The lowest BCUT2D eigenvalue weighted by molar-refractivity contribution is -0.141. The highest BCUT2D eigenvalue weighted by Crippen LogP contribution is 2.58. The Bertz CT molecular complexity index is 1570. The fourth-order valence-electron chi connectivity index (χ4n) is 7.38. The van der Waals surface area contributed by atoms with E-state index in [9.17, 15) is 24.0 Å². The van der Waals surface area contributed by atoms with Crippen molar-refractivity contribution in [3.8, 4) is 0 Å². The molecule has 4 amide bonds. The molecule has 0 radical (unpaired) electrons. The lowest BCUT2D eigenvalue weighted by atomic mass is 9.84. The van der Waals surface area contributed by atoms with Crippen LogP contribution in [-0.2, 0) is 29.3 Å². The highest BCUT2D eigenvalue weighted by Gasteiger charge is 2.54. The molecular weight excluding hydrogens is 667 g/mol. The number of hydrogen-bond acceptors (Lipinski definition) is 6. The molecule has 10 nitrogen and oxygen atoms in total. The third-order valence-electron chi connectivity index (χ3n) is 10.4. The van der Waals surface area contributed by atoms with E-state index in [1.165, 1.54) is 0 Å². The molecule has 1 aliphatic heterocycles. The first-order valence-electron chi connectivity index (χ1n) is 17.5. The van der Waals surface area contributed by atoms with Crippen LogP contribution < -0.4 is 21.3 Å².